The van der Waals surface area contributed by atoms with Crippen LogP contribution in [0.25, 0.3) is 0 Å². The van der Waals surface area contributed by atoms with Gasteiger partial charge in [0.1, 0.15) is 5.75 Å². The van der Waals surface area contributed by atoms with Gasteiger partial charge in [-0.25, -0.2) is 0 Å². The molecule has 0 heterocycles. The van der Waals surface area contributed by atoms with Crippen molar-refractivity contribution < 1.29 is 14.2 Å². The molecular formula is C19H25NO3. The summed E-state index contributed by atoms with van der Waals surface area (Å²) < 4.78 is 16.3. The van der Waals surface area contributed by atoms with E-state index < -0.39 is 0 Å². The van der Waals surface area contributed by atoms with Gasteiger partial charge >= 0.3 is 0 Å². The smallest absolute Gasteiger partial charge is 0.161 e. The molecule has 23 heavy (non-hydrogen) atoms. The first kappa shape index (κ1) is 17.2. The Hall–Kier alpha value is -2.20. The van der Waals surface area contributed by atoms with E-state index in [2.05, 4.69) is 12.1 Å². The summed E-state index contributed by atoms with van der Waals surface area (Å²) in [6.45, 7) is 3.14. The molecule has 1 unspecified atom stereocenters. The summed E-state index contributed by atoms with van der Waals surface area (Å²) in [7, 11) is 3.32. The zero-order valence-corrected chi connectivity index (χ0v) is 14.0. The van der Waals surface area contributed by atoms with E-state index in [1.807, 2.05) is 37.3 Å². The Morgan fingerprint density at radius 3 is 2.48 bits per heavy atom. The molecule has 2 rings (SSSR count). The Labute approximate surface area is 138 Å². The minimum atomic E-state index is 0.230. The van der Waals surface area contributed by atoms with Crippen molar-refractivity contribution in [2.24, 2.45) is 5.73 Å². The largest absolute Gasteiger partial charge is 0.497 e. The van der Waals surface area contributed by atoms with Crippen LogP contribution in [-0.4, -0.2) is 27.4 Å². The van der Waals surface area contributed by atoms with E-state index in [0.717, 1.165) is 23.7 Å². The quantitative estimate of drug-likeness (QED) is 0.811. The van der Waals surface area contributed by atoms with E-state index in [-0.39, 0.29) is 5.92 Å². The van der Waals surface area contributed by atoms with Gasteiger partial charge in [-0.2, -0.15) is 0 Å². The van der Waals surface area contributed by atoms with Gasteiger partial charge in [-0.05, 0) is 55.3 Å². The Morgan fingerprint density at radius 2 is 1.83 bits per heavy atom. The molecule has 0 spiro atoms. The van der Waals surface area contributed by atoms with E-state index in [1.165, 1.54) is 11.1 Å². The van der Waals surface area contributed by atoms with Gasteiger partial charge in [0.05, 0.1) is 20.8 Å². The Kier molecular flexibility index (Phi) is 6.29. The molecule has 1 atom stereocenters. The van der Waals surface area contributed by atoms with Crippen molar-refractivity contribution in [2.75, 3.05) is 27.4 Å². The average Bonchev–Trinajstić information content (AvgIpc) is 2.60. The van der Waals surface area contributed by atoms with Gasteiger partial charge in [0.25, 0.3) is 0 Å². The van der Waals surface area contributed by atoms with E-state index in [9.17, 15) is 0 Å². The molecule has 0 aliphatic heterocycles. The predicted molar refractivity (Wildman–Crippen MR) is 92.7 cm³/mol. The molecule has 0 amide bonds. The lowest BCUT2D eigenvalue weighted by atomic mass is 9.92. The Morgan fingerprint density at radius 1 is 1.00 bits per heavy atom. The normalized spacial score (nSPS) is 11.8. The topological polar surface area (TPSA) is 53.7 Å². The summed E-state index contributed by atoms with van der Waals surface area (Å²) in [6, 6.07) is 14.1. The maximum absolute atomic E-state index is 6.00. The van der Waals surface area contributed by atoms with Crippen LogP contribution in [0.15, 0.2) is 42.5 Å². The fourth-order valence-corrected chi connectivity index (χ4v) is 2.63. The first-order valence-electron chi connectivity index (χ1n) is 7.85. The summed E-state index contributed by atoms with van der Waals surface area (Å²) in [6.07, 6.45) is 0.841. The molecular weight excluding hydrogens is 290 g/mol. The number of hydrogen-bond donors (Lipinski definition) is 1. The van der Waals surface area contributed by atoms with Crippen LogP contribution in [0.2, 0.25) is 0 Å². The number of benzene rings is 2. The van der Waals surface area contributed by atoms with E-state index in [1.54, 1.807) is 14.2 Å². The molecule has 2 aromatic carbocycles. The second-order valence-electron chi connectivity index (χ2n) is 5.33. The highest BCUT2D eigenvalue weighted by Gasteiger charge is 2.13. The second-order valence-corrected chi connectivity index (χ2v) is 5.33. The maximum atomic E-state index is 6.00. The molecule has 0 fully saturated rings. The number of hydrogen-bond acceptors (Lipinski definition) is 4. The average molecular weight is 315 g/mol. The van der Waals surface area contributed by atoms with Crippen LogP contribution in [-0.2, 0) is 6.42 Å². The fraction of sp³-hybridized carbons (Fsp3) is 0.368. The third kappa shape index (κ3) is 4.39. The maximum Gasteiger partial charge on any atom is 0.161 e. The van der Waals surface area contributed by atoms with E-state index >= 15 is 0 Å². The molecule has 0 saturated carbocycles. The molecule has 0 saturated heterocycles. The van der Waals surface area contributed by atoms with Crippen LogP contribution in [0.4, 0.5) is 0 Å². The number of methoxy groups -OCH3 is 2. The van der Waals surface area contributed by atoms with Crippen LogP contribution < -0.4 is 19.9 Å². The van der Waals surface area contributed by atoms with Gasteiger partial charge in [0.15, 0.2) is 11.5 Å². The lowest BCUT2D eigenvalue weighted by Gasteiger charge is -2.17. The summed E-state index contributed by atoms with van der Waals surface area (Å²) in [4.78, 5) is 0. The van der Waals surface area contributed by atoms with Crippen LogP contribution in [0.5, 0.6) is 17.2 Å². The molecule has 0 aliphatic carbocycles. The minimum Gasteiger partial charge on any atom is -0.497 e. The molecule has 0 aliphatic rings. The molecule has 0 radical (unpaired) electrons. The fourth-order valence-electron chi connectivity index (χ4n) is 2.63. The molecule has 0 bridgehead atoms. The highest BCUT2D eigenvalue weighted by atomic mass is 16.5. The van der Waals surface area contributed by atoms with Crippen molar-refractivity contribution >= 4 is 0 Å². The van der Waals surface area contributed by atoms with Crippen molar-refractivity contribution in [3.8, 4) is 17.2 Å². The van der Waals surface area contributed by atoms with Crippen molar-refractivity contribution in [3.63, 3.8) is 0 Å². The van der Waals surface area contributed by atoms with Gasteiger partial charge in [-0.3, -0.25) is 0 Å². The van der Waals surface area contributed by atoms with Gasteiger partial charge in [-0.1, -0.05) is 18.2 Å². The summed E-state index contributed by atoms with van der Waals surface area (Å²) in [5.41, 5.74) is 8.35. The van der Waals surface area contributed by atoms with Gasteiger partial charge < -0.3 is 19.9 Å². The third-order valence-corrected chi connectivity index (χ3v) is 3.86. The van der Waals surface area contributed by atoms with Crippen molar-refractivity contribution in [1.29, 1.82) is 0 Å². The summed E-state index contributed by atoms with van der Waals surface area (Å²) in [5, 5.41) is 0. The Balaban J connectivity index is 2.22. The zero-order valence-electron chi connectivity index (χ0n) is 14.0. The lowest BCUT2D eigenvalue weighted by molar-refractivity contribution is 0.310. The van der Waals surface area contributed by atoms with Crippen LogP contribution in [0.1, 0.15) is 24.0 Å². The van der Waals surface area contributed by atoms with Crippen molar-refractivity contribution in [2.45, 2.75) is 19.3 Å². The van der Waals surface area contributed by atoms with Gasteiger partial charge in [0, 0.05) is 5.92 Å². The molecule has 4 nitrogen and oxygen atoms in total. The van der Waals surface area contributed by atoms with Crippen LogP contribution >= 0.6 is 0 Å². The molecule has 2 N–H and O–H groups in total. The van der Waals surface area contributed by atoms with Crippen LogP contribution in [0.3, 0.4) is 0 Å². The number of ether oxygens (including phenoxy) is 3. The van der Waals surface area contributed by atoms with Crippen molar-refractivity contribution in [1.82, 2.24) is 0 Å². The Bertz CT molecular complexity index is 628. The number of rotatable bonds is 8. The van der Waals surface area contributed by atoms with Crippen molar-refractivity contribution in [3.05, 3.63) is 53.6 Å². The standard InChI is InChI=1S/C19H25NO3/c1-4-23-19-11-14(8-9-18(19)22-3)10-16(13-20)15-6-5-7-17(12-15)21-2/h5-9,11-12,16H,4,10,13,20H2,1-3H3. The highest BCUT2D eigenvalue weighted by Crippen LogP contribution is 2.31. The van der Waals surface area contributed by atoms with E-state index in [0.29, 0.717) is 13.2 Å². The molecule has 0 aromatic heterocycles. The third-order valence-electron chi connectivity index (χ3n) is 3.86. The summed E-state index contributed by atoms with van der Waals surface area (Å²) in [5.74, 6) is 2.61. The number of nitrogens with two attached hydrogens (primary N) is 1. The SMILES string of the molecule is CCOc1cc(CC(CN)c2cccc(OC)c2)ccc1OC. The van der Waals surface area contributed by atoms with Gasteiger partial charge in [0.2, 0.25) is 0 Å². The lowest BCUT2D eigenvalue weighted by Crippen LogP contribution is -2.15. The minimum absolute atomic E-state index is 0.230. The second kappa shape index (κ2) is 8.44. The molecule has 124 valence electrons. The highest BCUT2D eigenvalue weighted by molar-refractivity contribution is 5.43. The van der Waals surface area contributed by atoms with Crippen LogP contribution in [0, 0.1) is 0 Å². The first-order valence-corrected chi connectivity index (χ1v) is 7.85. The first-order chi connectivity index (χ1) is 11.2. The summed E-state index contributed by atoms with van der Waals surface area (Å²) >= 11 is 0. The monoisotopic (exact) mass is 315 g/mol. The molecule has 4 heteroatoms. The van der Waals surface area contributed by atoms with E-state index in [4.69, 9.17) is 19.9 Å². The predicted octanol–water partition coefficient (Wildman–Crippen LogP) is 3.39. The van der Waals surface area contributed by atoms with Gasteiger partial charge in [-0.15, -0.1) is 0 Å². The molecule has 2 aromatic rings. The zero-order chi connectivity index (χ0) is 16.7.